The first-order valence-corrected chi connectivity index (χ1v) is 10.3. The number of piperidine rings is 2. The van der Waals surface area contributed by atoms with Crippen LogP contribution in [0.4, 0.5) is 0 Å². The highest BCUT2D eigenvalue weighted by Gasteiger charge is 2.42. The van der Waals surface area contributed by atoms with Gasteiger partial charge in [-0.2, -0.15) is 0 Å². The predicted octanol–water partition coefficient (Wildman–Crippen LogP) is 1.91. The van der Waals surface area contributed by atoms with E-state index < -0.39 is 0 Å². The van der Waals surface area contributed by atoms with Crippen molar-refractivity contribution in [3.05, 3.63) is 30.1 Å². The summed E-state index contributed by atoms with van der Waals surface area (Å²) in [6.45, 7) is 5.76. The molecule has 0 aliphatic carbocycles. The van der Waals surface area contributed by atoms with E-state index in [-0.39, 0.29) is 17.2 Å². The molecule has 3 aliphatic heterocycles. The number of nitrogens with zero attached hydrogens (tertiary/aromatic N) is 4. The third-order valence-electron chi connectivity index (χ3n) is 6.44. The fourth-order valence-electron chi connectivity index (χ4n) is 4.94. The van der Waals surface area contributed by atoms with Crippen LogP contribution in [0, 0.1) is 5.41 Å². The lowest BCUT2D eigenvalue weighted by molar-refractivity contribution is -0.144. The van der Waals surface area contributed by atoms with E-state index in [2.05, 4.69) is 14.8 Å². The number of hydrogen-bond donors (Lipinski definition) is 0. The van der Waals surface area contributed by atoms with E-state index in [1.54, 1.807) is 12.4 Å². The molecular weight excluding hydrogens is 340 g/mol. The maximum absolute atomic E-state index is 12.8. The van der Waals surface area contributed by atoms with Gasteiger partial charge in [0, 0.05) is 50.4 Å². The molecule has 1 spiro atoms. The van der Waals surface area contributed by atoms with Crippen molar-refractivity contribution in [2.75, 3.05) is 39.3 Å². The predicted molar refractivity (Wildman–Crippen MR) is 103 cm³/mol. The van der Waals surface area contributed by atoms with Crippen molar-refractivity contribution in [1.82, 2.24) is 19.7 Å². The Morgan fingerprint density at radius 3 is 2.59 bits per heavy atom. The Morgan fingerprint density at radius 1 is 1.04 bits per heavy atom. The van der Waals surface area contributed by atoms with Crippen LogP contribution in [0.15, 0.2) is 24.5 Å². The molecule has 27 heavy (non-hydrogen) atoms. The number of aromatic nitrogens is 1. The van der Waals surface area contributed by atoms with Crippen molar-refractivity contribution in [3.63, 3.8) is 0 Å². The molecule has 146 valence electrons. The largest absolute Gasteiger partial charge is 0.341 e. The number of likely N-dealkylation sites (tertiary alicyclic amines) is 3. The van der Waals surface area contributed by atoms with Crippen molar-refractivity contribution in [2.24, 2.45) is 5.41 Å². The van der Waals surface area contributed by atoms with Crippen LogP contribution < -0.4 is 0 Å². The normalized spacial score (nSPS) is 26.7. The van der Waals surface area contributed by atoms with E-state index >= 15 is 0 Å². The maximum atomic E-state index is 12.8. The highest BCUT2D eigenvalue weighted by Crippen LogP contribution is 2.39. The number of carbonyl (C=O) groups excluding carboxylic acids is 2. The maximum Gasteiger partial charge on any atom is 0.236 e. The van der Waals surface area contributed by atoms with Crippen LogP contribution in [-0.2, 0) is 16.1 Å². The molecular formula is C21H30N4O2. The summed E-state index contributed by atoms with van der Waals surface area (Å²) >= 11 is 0. The number of amides is 2. The van der Waals surface area contributed by atoms with Gasteiger partial charge in [0.2, 0.25) is 11.8 Å². The Hall–Kier alpha value is -1.95. The first kappa shape index (κ1) is 18.4. The zero-order valence-electron chi connectivity index (χ0n) is 16.1. The van der Waals surface area contributed by atoms with Crippen molar-refractivity contribution in [2.45, 2.75) is 45.1 Å². The lowest BCUT2D eigenvalue weighted by Gasteiger charge is -2.48. The van der Waals surface area contributed by atoms with Gasteiger partial charge in [0.1, 0.15) is 0 Å². The smallest absolute Gasteiger partial charge is 0.236 e. The zero-order chi connectivity index (χ0) is 18.7. The number of pyridine rings is 1. The Labute approximate surface area is 161 Å². The molecule has 6 nitrogen and oxygen atoms in total. The van der Waals surface area contributed by atoms with E-state index in [9.17, 15) is 9.59 Å². The molecule has 3 fully saturated rings. The van der Waals surface area contributed by atoms with Crippen LogP contribution in [0.3, 0.4) is 0 Å². The third-order valence-corrected chi connectivity index (χ3v) is 6.44. The fourth-order valence-corrected chi connectivity index (χ4v) is 4.94. The van der Waals surface area contributed by atoms with Crippen LogP contribution in [0.5, 0.6) is 0 Å². The molecule has 6 heteroatoms. The van der Waals surface area contributed by atoms with Crippen LogP contribution in [0.25, 0.3) is 0 Å². The topological polar surface area (TPSA) is 56.8 Å². The van der Waals surface area contributed by atoms with Crippen molar-refractivity contribution >= 4 is 11.8 Å². The molecule has 0 bridgehead atoms. The second-order valence-corrected chi connectivity index (χ2v) is 8.51. The summed E-state index contributed by atoms with van der Waals surface area (Å²) < 4.78 is 0. The molecule has 1 aromatic heterocycles. The summed E-state index contributed by atoms with van der Waals surface area (Å²) in [7, 11) is 0. The molecule has 1 atom stereocenters. The molecule has 3 saturated heterocycles. The summed E-state index contributed by atoms with van der Waals surface area (Å²) in [6, 6.07) is 3.95. The fraction of sp³-hybridized carbons (Fsp3) is 0.667. The van der Waals surface area contributed by atoms with Gasteiger partial charge in [-0.15, -0.1) is 0 Å². The molecule has 4 heterocycles. The van der Waals surface area contributed by atoms with Gasteiger partial charge in [0.25, 0.3) is 0 Å². The lowest BCUT2D eigenvalue weighted by atomic mass is 9.73. The Bertz CT molecular complexity index is 674. The molecule has 0 aromatic carbocycles. The minimum absolute atomic E-state index is 0.0693. The standard InChI is InChI=1S/C21H30N4O2/c26-19-4-8-21(17-25(19)14-18-5-9-22-10-6-18)7-3-13-24(16-21)20(27)15-23-11-1-2-12-23/h5-6,9-10H,1-4,7-8,11-17H2/t21-/m0/s1. The minimum Gasteiger partial charge on any atom is -0.341 e. The second kappa shape index (κ2) is 7.97. The van der Waals surface area contributed by atoms with E-state index in [1.807, 2.05) is 17.0 Å². The van der Waals surface area contributed by atoms with E-state index in [1.165, 1.54) is 12.8 Å². The first-order valence-electron chi connectivity index (χ1n) is 10.3. The zero-order valence-corrected chi connectivity index (χ0v) is 16.1. The SMILES string of the molecule is O=C(CN1CCCC1)N1CCC[C@]2(CCC(=O)N(Cc3ccncc3)C2)C1. The average molecular weight is 370 g/mol. The van der Waals surface area contributed by atoms with Crippen LogP contribution >= 0.6 is 0 Å². The Morgan fingerprint density at radius 2 is 1.81 bits per heavy atom. The van der Waals surface area contributed by atoms with Crippen LogP contribution in [-0.4, -0.2) is 70.8 Å². The average Bonchev–Trinajstić information content (AvgIpc) is 3.19. The van der Waals surface area contributed by atoms with Gasteiger partial charge in [-0.3, -0.25) is 19.5 Å². The summed E-state index contributed by atoms with van der Waals surface area (Å²) in [5.41, 5.74) is 1.19. The molecule has 0 N–H and O–H groups in total. The third kappa shape index (κ3) is 4.32. The molecule has 2 amide bonds. The van der Waals surface area contributed by atoms with Gasteiger partial charge >= 0.3 is 0 Å². The minimum atomic E-state index is 0.0693. The van der Waals surface area contributed by atoms with Gasteiger partial charge in [-0.1, -0.05) is 0 Å². The number of hydrogen-bond acceptors (Lipinski definition) is 4. The lowest BCUT2D eigenvalue weighted by Crippen LogP contribution is -2.55. The Kier molecular flexibility index (Phi) is 5.43. The van der Waals surface area contributed by atoms with E-state index in [0.717, 1.165) is 57.5 Å². The van der Waals surface area contributed by atoms with E-state index in [0.29, 0.717) is 19.5 Å². The molecule has 4 rings (SSSR count). The molecule has 0 unspecified atom stereocenters. The Balaban J connectivity index is 1.40. The summed E-state index contributed by atoms with van der Waals surface area (Å²) in [5.74, 6) is 0.506. The monoisotopic (exact) mass is 370 g/mol. The van der Waals surface area contributed by atoms with Gasteiger partial charge in [0.05, 0.1) is 6.54 Å². The highest BCUT2D eigenvalue weighted by atomic mass is 16.2. The summed E-state index contributed by atoms with van der Waals surface area (Å²) in [6.07, 6.45) is 9.64. The molecule has 1 aromatic rings. The number of rotatable bonds is 4. The van der Waals surface area contributed by atoms with Crippen molar-refractivity contribution < 1.29 is 9.59 Å². The van der Waals surface area contributed by atoms with Gasteiger partial charge in [-0.25, -0.2) is 0 Å². The quantitative estimate of drug-likeness (QED) is 0.812. The second-order valence-electron chi connectivity index (χ2n) is 8.51. The van der Waals surface area contributed by atoms with Crippen molar-refractivity contribution in [3.8, 4) is 0 Å². The van der Waals surface area contributed by atoms with Gasteiger partial charge in [0.15, 0.2) is 0 Å². The number of carbonyl (C=O) groups is 2. The summed E-state index contributed by atoms with van der Waals surface area (Å²) in [5, 5.41) is 0. The highest BCUT2D eigenvalue weighted by molar-refractivity contribution is 5.79. The molecule has 0 saturated carbocycles. The van der Waals surface area contributed by atoms with Crippen molar-refractivity contribution in [1.29, 1.82) is 0 Å². The van der Waals surface area contributed by atoms with Crippen LogP contribution in [0.1, 0.15) is 44.1 Å². The van der Waals surface area contributed by atoms with Crippen LogP contribution in [0.2, 0.25) is 0 Å². The van der Waals surface area contributed by atoms with Gasteiger partial charge < -0.3 is 9.80 Å². The molecule has 0 radical (unpaired) electrons. The van der Waals surface area contributed by atoms with E-state index in [4.69, 9.17) is 0 Å². The van der Waals surface area contributed by atoms with Gasteiger partial charge in [-0.05, 0) is 62.9 Å². The molecule has 3 aliphatic rings. The summed E-state index contributed by atoms with van der Waals surface area (Å²) in [4.78, 5) is 35.7. The first-order chi connectivity index (χ1) is 13.1.